The molecule has 1 amide bonds. The van der Waals surface area contributed by atoms with Gasteiger partial charge in [-0.25, -0.2) is 9.59 Å². The summed E-state index contributed by atoms with van der Waals surface area (Å²) in [4.78, 5) is 23.4. The minimum absolute atomic E-state index is 0.114. The summed E-state index contributed by atoms with van der Waals surface area (Å²) in [5.74, 6) is -0.909. The van der Waals surface area contributed by atoms with E-state index in [1.807, 2.05) is 24.3 Å². The zero-order chi connectivity index (χ0) is 16.5. The minimum atomic E-state index is -1.24. The molecule has 2 rings (SSSR count). The molecule has 1 aromatic carbocycles. The molecule has 0 bridgehead atoms. The highest BCUT2D eigenvalue weighted by Gasteiger charge is 2.52. The van der Waals surface area contributed by atoms with Crippen molar-refractivity contribution < 1.29 is 19.4 Å². The van der Waals surface area contributed by atoms with Gasteiger partial charge in [0, 0.05) is 4.47 Å². The molecule has 1 aliphatic rings. The number of ether oxygens (including phenoxy) is 1. The Morgan fingerprint density at radius 3 is 2.50 bits per heavy atom. The molecular formula is C16H20BrNO4. The predicted molar refractivity (Wildman–Crippen MR) is 85.9 cm³/mol. The number of aliphatic carboxylic acids is 1. The van der Waals surface area contributed by atoms with Gasteiger partial charge in [0.25, 0.3) is 0 Å². The summed E-state index contributed by atoms with van der Waals surface area (Å²) in [6.45, 7) is 5.22. The summed E-state index contributed by atoms with van der Waals surface area (Å²) in [5, 5.41) is 12.0. The smallest absolute Gasteiger partial charge is 0.408 e. The highest BCUT2D eigenvalue weighted by molar-refractivity contribution is 9.10. The Kier molecular flexibility index (Phi) is 4.52. The number of benzene rings is 1. The van der Waals surface area contributed by atoms with Crippen molar-refractivity contribution in [3.05, 3.63) is 34.3 Å². The van der Waals surface area contributed by atoms with Gasteiger partial charge in [-0.1, -0.05) is 28.1 Å². The molecule has 0 heterocycles. The van der Waals surface area contributed by atoms with Crippen LogP contribution in [0.25, 0.3) is 0 Å². The average Bonchev–Trinajstić information content (AvgIpc) is 2.30. The Bertz CT molecular complexity index is 588. The van der Waals surface area contributed by atoms with Crippen molar-refractivity contribution in [3.8, 4) is 0 Å². The number of carboxylic acids is 1. The number of alkyl carbamates (subject to hydrolysis) is 1. The van der Waals surface area contributed by atoms with Gasteiger partial charge in [0.2, 0.25) is 0 Å². The molecular weight excluding hydrogens is 350 g/mol. The molecule has 0 radical (unpaired) electrons. The average molecular weight is 370 g/mol. The molecule has 6 heteroatoms. The maximum atomic E-state index is 11.9. The first-order chi connectivity index (χ1) is 10.1. The Labute approximate surface area is 138 Å². The molecule has 0 saturated heterocycles. The molecule has 5 nitrogen and oxygen atoms in total. The van der Waals surface area contributed by atoms with Crippen LogP contribution in [0.15, 0.2) is 28.7 Å². The second-order valence-electron chi connectivity index (χ2n) is 6.67. The molecule has 0 unspecified atom stereocenters. The maximum absolute atomic E-state index is 11.9. The lowest BCUT2D eigenvalue weighted by molar-refractivity contribution is -0.149. The number of hydrogen-bond donors (Lipinski definition) is 2. The number of carboxylic acid groups (broad SMARTS) is 1. The Balaban J connectivity index is 2.05. The van der Waals surface area contributed by atoms with Crippen LogP contribution in [-0.4, -0.2) is 28.3 Å². The van der Waals surface area contributed by atoms with Crippen molar-refractivity contribution >= 4 is 28.0 Å². The summed E-state index contributed by atoms with van der Waals surface area (Å²) >= 11 is 3.41. The van der Waals surface area contributed by atoms with E-state index in [-0.39, 0.29) is 5.92 Å². The highest BCUT2D eigenvalue weighted by Crippen LogP contribution is 2.45. The highest BCUT2D eigenvalue weighted by atomic mass is 79.9. The SMILES string of the molecule is CC(C)(C)OC(=O)NC1(C(=O)O)CC(c2cccc(Br)c2)C1. The normalized spacial score (nSPS) is 24.3. The standard InChI is InChI=1S/C16H20BrNO4/c1-15(2,3)22-14(21)18-16(13(19)20)8-11(9-16)10-5-4-6-12(17)7-10/h4-7,11H,8-9H2,1-3H3,(H,18,21)(H,19,20). The van der Waals surface area contributed by atoms with Crippen LogP contribution in [0.2, 0.25) is 0 Å². The topological polar surface area (TPSA) is 75.6 Å². The quantitative estimate of drug-likeness (QED) is 0.851. The molecule has 120 valence electrons. The summed E-state index contributed by atoms with van der Waals surface area (Å²) in [7, 11) is 0. The number of halogens is 1. The number of nitrogens with one attached hydrogen (secondary N) is 1. The first-order valence-electron chi connectivity index (χ1n) is 7.11. The van der Waals surface area contributed by atoms with Crippen LogP contribution < -0.4 is 5.32 Å². The largest absolute Gasteiger partial charge is 0.480 e. The fraction of sp³-hybridized carbons (Fsp3) is 0.500. The van der Waals surface area contributed by atoms with Crippen LogP contribution in [-0.2, 0) is 9.53 Å². The number of amides is 1. The van der Waals surface area contributed by atoms with Crippen LogP contribution in [0.1, 0.15) is 45.1 Å². The molecule has 1 saturated carbocycles. The van der Waals surface area contributed by atoms with E-state index < -0.39 is 23.2 Å². The molecule has 0 spiro atoms. The fourth-order valence-electron chi connectivity index (χ4n) is 2.61. The van der Waals surface area contributed by atoms with Gasteiger partial charge >= 0.3 is 12.1 Å². The molecule has 1 aromatic rings. The van der Waals surface area contributed by atoms with Crippen molar-refractivity contribution in [1.82, 2.24) is 5.32 Å². The van der Waals surface area contributed by atoms with Crippen LogP contribution in [0.4, 0.5) is 4.79 Å². The van der Waals surface area contributed by atoms with Crippen molar-refractivity contribution in [3.63, 3.8) is 0 Å². The number of rotatable bonds is 3. The molecule has 1 fully saturated rings. The van der Waals surface area contributed by atoms with Gasteiger partial charge < -0.3 is 15.2 Å². The van der Waals surface area contributed by atoms with E-state index in [0.717, 1.165) is 10.0 Å². The van der Waals surface area contributed by atoms with Gasteiger partial charge in [-0.2, -0.15) is 0 Å². The summed E-state index contributed by atoms with van der Waals surface area (Å²) in [6.07, 6.45) is 0.0263. The van der Waals surface area contributed by atoms with Crippen molar-refractivity contribution in [2.45, 2.75) is 50.7 Å². The lowest BCUT2D eigenvalue weighted by Crippen LogP contribution is -2.62. The third-order valence-corrected chi connectivity index (χ3v) is 4.15. The van der Waals surface area contributed by atoms with Gasteiger partial charge in [0.05, 0.1) is 0 Å². The summed E-state index contributed by atoms with van der Waals surface area (Å²) in [5.41, 5.74) is -0.829. The van der Waals surface area contributed by atoms with Gasteiger partial charge in [-0.15, -0.1) is 0 Å². The summed E-state index contributed by atoms with van der Waals surface area (Å²) < 4.78 is 6.11. The molecule has 2 N–H and O–H groups in total. The van der Waals surface area contributed by atoms with E-state index in [1.165, 1.54) is 0 Å². The van der Waals surface area contributed by atoms with Crippen LogP contribution in [0.5, 0.6) is 0 Å². The van der Waals surface area contributed by atoms with Crippen LogP contribution in [0, 0.1) is 0 Å². The van der Waals surface area contributed by atoms with E-state index in [1.54, 1.807) is 20.8 Å². The second-order valence-corrected chi connectivity index (χ2v) is 7.59. The van der Waals surface area contributed by atoms with Gasteiger partial charge in [-0.05, 0) is 57.2 Å². The third-order valence-electron chi connectivity index (χ3n) is 3.66. The van der Waals surface area contributed by atoms with Gasteiger partial charge in [0.15, 0.2) is 0 Å². The van der Waals surface area contributed by atoms with E-state index >= 15 is 0 Å². The van der Waals surface area contributed by atoms with Crippen molar-refractivity contribution in [1.29, 1.82) is 0 Å². The van der Waals surface area contributed by atoms with E-state index in [0.29, 0.717) is 12.8 Å². The second kappa shape index (κ2) is 5.91. The maximum Gasteiger partial charge on any atom is 0.408 e. The monoisotopic (exact) mass is 369 g/mol. The van der Waals surface area contributed by atoms with Crippen LogP contribution >= 0.6 is 15.9 Å². The minimum Gasteiger partial charge on any atom is -0.480 e. The van der Waals surface area contributed by atoms with Crippen molar-refractivity contribution in [2.24, 2.45) is 0 Å². The van der Waals surface area contributed by atoms with Gasteiger partial charge in [-0.3, -0.25) is 0 Å². The Morgan fingerprint density at radius 1 is 1.36 bits per heavy atom. The number of carbonyl (C=O) groups excluding carboxylic acids is 1. The zero-order valence-electron chi connectivity index (χ0n) is 12.9. The first-order valence-corrected chi connectivity index (χ1v) is 7.91. The number of hydrogen-bond acceptors (Lipinski definition) is 3. The molecule has 22 heavy (non-hydrogen) atoms. The molecule has 1 aliphatic carbocycles. The Morgan fingerprint density at radius 2 is 2.00 bits per heavy atom. The predicted octanol–water partition coefficient (Wildman–Crippen LogP) is 3.67. The van der Waals surface area contributed by atoms with Gasteiger partial charge in [0.1, 0.15) is 11.1 Å². The molecule has 0 aromatic heterocycles. The Hall–Kier alpha value is -1.56. The van der Waals surface area contributed by atoms with E-state index in [2.05, 4.69) is 21.2 Å². The van der Waals surface area contributed by atoms with Crippen molar-refractivity contribution in [2.75, 3.05) is 0 Å². The van der Waals surface area contributed by atoms with E-state index in [9.17, 15) is 14.7 Å². The fourth-order valence-corrected chi connectivity index (χ4v) is 3.02. The summed E-state index contributed by atoms with van der Waals surface area (Å²) in [6, 6.07) is 7.78. The lowest BCUT2D eigenvalue weighted by atomic mass is 9.65. The van der Waals surface area contributed by atoms with E-state index in [4.69, 9.17) is 4.74 Å². The first kappa shape index (κ1) is 16.8. The molecule has 0 atom stereocenters. The zero-order valence-corrected chi connectivity index (χ0v) is 14.4. The third kappa shape index (κ3) is 3.80. The lowest BCUT2D eigenvalue weighted by Gasteiger charge is -2.45. The molecule has 0 aliphatic heterocycles. The van der Waals surface area contributed by atoms with Crippen LogP contribution in [0.3, 0.4) is 0 Å². The number of carbonyl (C=O) groups is 2.